The summed E-state index contributed by atoms with van der Waals surface area (Å²) in [5.41, 5.74) is 1.10. The van der Waals surface area contributed by atoms with Gasteiger partial charge in [-0.3, -0.25) is 9.52 Å². The smallest absolute Gasteiger partial charge is 0.271 e. The first-order valence-electron chi connectivity index (χ1n) is 9.25. The number of thioether (sulfide) groups is 1. The first-order valence-corrected chi connectivity index (χ1v) is 12.5. The van der Waals surface area contributed by atoms with Gasteiger partial charge in [-0.1, -0.05) is 18.2 Å². The average molecular weight is 463 g/mol. The van der Waals surface area contributed by atoms with Crippen LogP contribution in [0, 0.1) is 0 Å². The summed E-state index contributed by atoms with van der Waals surface area (Å²) in [4.78, 5) is 13.4. The minimum atomic E-state index is -3.58. The van der Waals surface area contributed by atoms with Crippen LogP contribution in [0.25, 0.3) is 0 Å². The van der Waals surface area contributed by atoms with Gasteiger partial charge in [-0.2, -0.15) is 0 Å². The second-order valence-electron chi connectivity index (χ2n) is 6.24. The molecule has 1 unspecified atom stereocenters. The highest BCUT2D eigenvalue weighted by Gasteiger charge is 2.17. The minimum absolute atomic E-state index is 0.144. The quantitative estimate of drug-likeness (QED) is 0.434. The Morgan fingerprint density at radius 1 is 1.10 bits per heavy atom. The number of carbonyl (C=O) groups excluding carboxylic acids is 1. The lowest BCUT2D eigenvalue weighted by molar-refractivity contribution is -0.115. The fourth-order valence-corrected chi connectivity index (χ4v) is 5.49. The Labute approximate surface area is 184 Å². The highest BCUT2D eigenvalue weighted by Crippen LogP contribution is 2.29. The van der Waals surface area contributed by atoms with E-state index in [-0.39, 0.29) is 15.4 Å². The van der Waals surface area contributed by atoms with Gasteiger partial charge in [0.25, 0.3) is 10.0 Å². The molecular weight excluding hydrogens is 440 g/mol. The first-order chi connectivity index (χ1) is 14.4. The van der Waals surface area contributed by atoms with Crippen molar-refractivity contribution in [1.29, 1.82) is 0 Å². The van der Waals surface area contributed by atoms with Gasteiger partial charge >= 0.3 is 0 Å². The molecule has 0 spiro atoms. The second-order valence-corrected chi connectivity index (χ2v) is 10.5. The molecule has 0 bridgehead atoms. The summed E-state index contributed by atoms with van der Waals surface area (Å²) < 4.78 is 32.9. The number of hydrogen-bond acceptors (Lipinski definition) is 6. The number of carbonyl (C=O) groups is 1. The lowest BCUT2D eigenvalue weighted by Gasteiger charge is -2.15. The number of nitrogens with one attached hydrogen (secondary N) is 2. The van der Waals surface area contributed by atoms with Crippen molar-refractivity contribution in [3.63, 3.8) is 0 Å². The van der Waals surface area contributed by atoms with E-state index in [1.165, 1.54) is 11.8 Å². The molecule has 158 valence electrons. The molecule has 2 aromatic carbocycles. The molecule has 0 radical (unpaired) electrons. The van der Waals surface area contributed by atoms with Crippen LogP contribution in [0.1, 0.15) is 13.8 Å². The van der Waals surface area contributed by atoms with Gasteiger partial charge in [-0.05, 0) is 61.7 Å². The highest BCUT2D eigenvalue weighted by atomic mass is 32.2. The van der Waals surface area contributed by atoms with Gasteiger partial charge in [0.2, 0.25) is 5.91 Å². The Morgan fingerprint density at radius 2 is 1.83 bits per heavy atom. The number of ether oxygens (including phenoxy) is 1. The zero-order chi connectivity index (χ0) is 21.6. The summed E-state index contributed by atoms with van der Waals surface area (Å²) in [6.45, 7) is 4.22. The molecule has 30 heavy (non-hydrogen) atoms. The number of amides is 1. The van der Waals surface area contributed by atoms with Crippen molar-refractivity contribution in [2.24, 2.45) is 0 Å². The lowest BCUT2D eigenvalue weighted by atomic mass is 10.3. The first kappa shape index (κ1) is 22.2. The van der Waals surface area contributed by atoms with Gasteiger partial charge in [-0.25, -0.2) is 8.42 Å². The third-order valence-electron chi connectivity index (χ3n) is 3.99. The van der Waals surface area contributed by atoms with Crippen molar-refractivity contribution in [3.8, 4) is 5.75 Å². The molecule has 1 amide bonds. The van der Waals surface area contributed by atoms with Crippen molar-refractivity contribution < 1.29 is 17.9 Å². The Balaban J connectivity index is 1.60. The van der Waals surface area contributed by atoms with E-state index in [9.17, 15) is 13.2 Å². The van der Waals surface area contributed by atoms with Gasteiger partial charge in [0.15, 0.2) is 0 Å². The predicted molar refractivity (Wildman–Crippen MR) is 123 cm³/mol. The van der Waals surface area contributed by atoms with Gasteiger partial charge in [0, 0.05) is 10.6 Å². The molecular formula is C21H22N2O4S3. The predicted octanol–water partition coefficient (Wildman–Crippen LogP) is 5.07. The van der Waals surface area contributed by atoms with Gasteiger partial charge in [0.05, 0.1) is 17.5 Å². The number of anilines is 2. The third kappa shape index (κ3) is 5.78. The van der Waals surface area contributed by atoms with Crippen LogP contribution < -0.4 is 14.8 Å². The summed E-state index contributed by atoms with van der Waals surface area (Å²) in [5.74, 6) is 0.488. The monoisotopic (exact) mass is 462 g/mol. The summed E-state index contributed by atoms with van der Waals surface area (Å²) >= 11 is 2.55. The molecule has 0 saturated heterocycles. The molecule has 0 saturated carbocycles. The van der Waals surface area contributed by atoms with E-state index in [0.717, 1.165) is 16.2 Å². The van der Waals surface area contributed by atoms with Crippen LogP contribution in [-0.4, -0.2) is 26.2 Å². The number of hydrogen-bond donors (Lipinski definition) is 2. The van der Waals surface area contributed by atoms with Gasteiger partial charge in [0.1, 0.15) is 9.96 Å². The molecule has 1 heterocycles. The Bertz CT molecular complexity index is 1080. The molecule has 0 aliphatic carbocycles. The molecule has 3 rings (SSSR count). The number of rotatable bonds is 9. The molecule has 1 atom stereocenters. The summed E-state index contributed by atoms with van der Waals surface area (Å²) in [5, 5.41) is 4.26. The number of para-hydroxylation sites is 2. The molecule has 1 aromatic heterocycles. The SMILES string of the molecule is CCOc1ccccc1NC(=O)C(C)Sc1ccc(NS(=O)(=O)c2cccs2)cc1. The lowest BCUT2D eigenvalue weighted by Crippen LogP contribution is -2.22. The van der Waals surface area contributed by atoms with E-state index in [0.29, 0.717) is 23.7 Å². The number of thiophene rings is 1. The fourth-order valence-electron chi connectivity index (χ4n) is 2.57. The molecule has 9 heteroatoms. The van der Waals surface area contributed by atoms with E-state index < -0.39 is 10.0 Å². The van der Waals surface area contributed by atoms with Crippen LogP contribution >= 0.6 is 23.1 Å². The molecule has 3 aromatic rings. The average Bonchev–Trinajstić information content (AvgIpc) is 3.27. The topological polar surface area (TPSA) is 84.5 Å². The summed E-state index contributed by atoms with van der Waals surface area (Å²) in [6.07, 6.45) is 0. The number of sulfonamides is 1. The largest absolute Gasteiger partial charge is 0.492 e. The normalized spacial score (nSPS) is 12.2. The van der Waals surface area contributed by atoms with Crippen molar-refractivity contribution in [1.82, 2.24) is 0 Å². The molecule has 2 N–H and O–H groups in total. The van der Waals surface area contributed by atoms with Crippen LogP contribution in [0.4, 0.5) is 11.4 Å². The van der Waals surface area contributed by atoms with E-state index >= 15 is 0 Å². The van der Waals surface area contributed by atoms with E-state index in [2.05, 4.69) is 10.0 Å². The van der Waals surface area contributed by atoms with E-state index in [4.69, 9.17) is 4.74 Å². The van der Waals surface area contributed by atoms with E-state index in [1.54, 1.807) is 47.8 Å². The Morgan fingerprint density at radius 3 is 2.50 bits per heavy atom. The van der Waals surface area contributed by atoms with Crippen LogP contribution in [0.2, 0.25) is 0 Å². The Kier molecular flexibility index (Phi) is 7.41. The van der Waals surface area contributed by atoms with Crippen molar-refractivity contribution in [3.05, 3.63) is 66.0 Å². The maximum atomic E-state index is 12.6. The van der Waals surface area contributed by atoms with E-state index in [1.807, 2.05) is 32.0 Å². The second kappa shape index (κ2) is 10.0. The number of benzene rings is 2. The zero-order valence-corrected chi connectivity index (χ0v) is 18.9. The molecule has 0 aliphatic rings. The standard InChI is InChI=1S/C21H22N2O4S3/c1-3-27-19-8-5-4-7-18(19)22-21(24)15(2)29-17-12-10-16(11-13-17)23-30(25,26)20-9-6-14-28-20/h4-15,23H,3H2,1-2H3,(H,22,24). The highest BCUT2D eigenvalue weighted by molar-refractivity contribution is 8.00. The Hall–Kier alpha value is -2.49. The maximum Gasteiger partial charge on any atom is 0.271 e. The van der Waals surface area contributed by atoms with Gasteiger partial charge in [-0.15, -0.1) is 23.1 Å². The maximum absolute atomic E-state index is 12.6. The minimum Gasteiger partial charge on any atom is -0.492 e. The zero-order valence-electron chi connectivity index (χ0n) is 16.5. The van der Waals surface area contributed by atoms with Crippen LogP contribution in [0.3, 0.4) is 0 Å². The van der Waals surface area contributed by atoms with Crippen molar-refractivity contribution in [2.75, 3.05) is 16.6 Å². The molecule has 0 fully saturated rings. The molecule has 6 nitrogen and oxygen atoms in total. The summed E-state index contributed by atoms with van der Waals surface area (Å²) in [6, 6.07) is 17.5. The van der Waals surface area contributed by atoms with Crippen molar-refractivity contribution in [2.45, 2.75) is 28.2 Å². The van der Waals surface area contributed by atoms with Crippen LogP contribution in [0.15, 0.2) is 75.1 Å². The van der Waals surface area contributed by atoms with Crippen LogP contribution in [0.5, 0.6) is 5.75 Å². The van der Waals surface area contributed by atoms with Gasteiger partial charge < -0.3 is 10.1 Å². The fraction of sp³-hybridized carbons (Fsp3) is 0.190. The third-order valence-corrected chi connectivity index (χ3v) is 7.88. The summed E-state index contributed by atoms with van der Waals surface area (Å²) in [7, 11) is -3.58. The molecule has 0 aliphatic heterocycles. The van der Waals surface area contributed by atoms with Crippen molar-refractivity contribution >= 4 is 50.4 Å². The van der Waals surface area contributed by atoms with Crippen LogP contribution in [-0.2, 0) is 14.8 Å².